The number of hydrogen-bond donors (Lipinski definition) is 1. The smallest absolute Gasteiger partial charge is 0.296 e. The Morgan fingerprint density at radius 3 is 2.71 bits per heavy atom. The summed E-state index contributed by atoms with van der Waals surface area (Å²) in [6, 6.07) is 12.2. The maximum atomic E-state index is 14.4. The molecule has 2 atom stereocenters. The minimum Gasteiger partial charge on any atom is -0.507 e. The van der Waals surface area contributed by atoms with Crippen LogP contribution >= 0.6 is 0 Å². The van der Waals surface area contributed by atoms with Crippen LogP contribution in [0.5, 0.6) is 5.75 Å². The molecule has 198 valence electrons. The fraction of sp³-hybridized carbons (Fsp3) is 0.367. The van der Waals surface area contributed by atoms with Crippen LogP contribution in [-0.4, -0.2) is 60.0 Å². The van der Waals surface area contributed by atoms with Gasteiger partial charge in [0.05, 0.1) is 17.4 Å². The van der Waals surface area contributed by atoms with E-state index in [4.69, 9.17) is 9.47 Å². The van der Waals surface area contributed by atoms with Crippen molar-refractivity contribution in [2.75, 3.05) is 31.2 Å². The average Bonchev–Trinajstić information content (AvgIpc) is 3.58. The van der Waals surface area contributed by atoms with Crippen LogP contribution < -0.4 is 9.64 Å². The lowest BCUT2D eigenvalue weighted by molar-refractivity contribution is -0.145. The van der Waals surface area contributed by atoms with Gasteiger partial charge in [0.25, 0.3) is 17.6 Å². The third-order valence-corrected chi connectivity index (χ3v) is 7.47. The van der Waals surface area contributed by atoms with Gasteiger partial charge in [-0.2, -0.15) is 0 Å². The molecule has 3 aliphatic rings. The largest absolute Gasteiger partial charge is 0.507 e. The first kappa shape index (κ1) is 25.7. The van der Waals surface area contributed by atoms with E-state index in [-0.39, 0.29) is 18.2 Å². The summed E-state index contributed by atoms with van der Waals surface area (Å²) in [7, 11) is 0. The van der Waals surface area contributed by atoms with Gasteiger partial charge in [0, 0.05) is 30.8 Å². The Balaban J connectivity index is 1.73. The number of Topliss-reactive ketones (excluding diaryl/α,β-unsaturated/α-hetero) is 1. The Morgan fingerprint density at radius 2 is 2.03 bits per heavy atom. The molecule has 2 saturated heterocycles. The van der Waals surface area contributed by atoms with Crippen molar-refractivity contribution in [3.63, 3.8) is 0 Å². The van der Waals surface area contributed by atoms with Gasteiger partial charge in [-0.3, -0.25) is 14.4 Å². The Labute approximate surface area is 222 Å². The summed E-state index contributed by atoms with van der Waals surface area (Å²) in [5.74, 6) is -1.90. The molecule has 0 radical (unpaired) electrons. The summed E-state index contributed by atoms with van der Waals surface area (Å²) in [6.07, 6.45) is 3.58. The van der Waals surface area contributed by atoms with Gasteiger partial charge in [-0.25, -0.2) is 0 Å². The van der Waals surface area contributed by atoms with Crippen molar-refractivity contribution >= 4 is 29.0 Å². The van der Waals surface area contributed by atoms with E-state index in [0.717, 1.165) is 18.4 Å². The van der Waals surface area contributed by atoms with Crippen LogP contribution in [0.15, 0.2) is 60.7 Å². The summed E-state index contributed by atoms with van der Waals surface area (Å²) >= 11 is 0. The molecule has 0 bridgehead atoms. The zero-order valence-corrected chi connectivity index (χ0v) is 21.7. The van der Waals surface area contributed by atoms with E-state index in [9.17, 15) is 19.5 Å². The molecule has 1 spiro atoms. The standard InChI is InChI=1S/C30H32N2O6/c1-4-14-31-23-11-7-6-10-22(23)30(29(31)36)25(27(34)28(35)32(30)18-21-9-8-16-37-21)26(33)20-12-13-24(19(3)17-20)38-15-5-2/h5-7,10-13,17,21,33H,2,4,8-9,14-16,18H2,1,3H3/t21-,30+/m1/s1. The zero-order valence-electron chi connectivity index (χ0n) is 21.7. The summed E-state index contributed by atoms with van der Waals surface area (Å²) in [4.78, 5) is 44.7. The molecule has 2 fully saturated rings. The van der Waals surface area contributed by atoms with Gasteiger partial charge >= 0.3 is 0 Å². The van der Waals surface area contributed by atoms with Crippen molar-refractivity contribution in [1.29, 1.82) is 0 Å². The van der Waals surface area contributed by atoms with Gasteiger partial charge in [0.1, 0.15) is 18.1 Å². The molecule has 3 aliphatic heterocycles. The highest BCUT2D eigenvalue weighted by Crippen LogP contribution is 2.54. The number of benzene rings is 2. The van der Waals surface area contributed by atoms with Gasteiger partial charge < -0.3 is 24.4 Å². The first-order valence-corrected chi connectivity index (χ1v) is 13.0. The predicted molar refractivity (Wildman–Crippen MR) is 143 cm³/mol. The summed E-state index contributed by atoms with van der Waals surface area (Å²) in [5, 5.41) is 11.7. The normalized spacial score (nSPS) is 23.9. The second-order valence-corrected chi connectivity index (χ2v) is 9.87. The molecular weight excluding hydrogens is 484 g/mol. The number of aryl methyl sites for hydroxylation is 1. The van der Waals surface area contributed by atoms with Crippen molar-refractivity contribution < 1.29 is 29.0 Å². The second kappa shape index (κ2) is 10.1. The van der Waals surface area contributed by atoms with Gasteiger partial charge in [0.15, 0.2) is 5.54 Å². The number of aliphatic hydroxyl groups is 1. The van der Waals surface area contributed by atoms with Crippen LogP contribution in [0.3, 0.4) is 0 Å². The lowest BCUT2D eigenvalue weighted by Gasteiger charge is -2.35. The topological polar surface area (TPSA) is 96.4 Å². The molecule has 3 heterocycles. The van der Waals surface area contributed by atoms with Gasteiger partial charge in [-0.1, -0.05) is 37.8 Å². The first-order valence-electron chi connectivity index (χ1n) is 13.0. The molecule has 5 rings (SSSR count). The number of amides is 2. The van der Waals surface area contributed by atoms with Crippen LogP contribution in [-0.2, 0) is 24.7 Å². The van der Waals surface area contributed by atoms with E-state index in [2.05, 4.69) is 6.58 Å². The Hall–Kier alpha value is -3.91. The van der Waals surface area contributed by atoms with Crippen LogP contribution in [0.4, 0.5) is 5.69 Å². The van der Waals surface area contributed by atoms with Gasteiger partial charge in [-0.05, 0) is 56.0 Å². The fourth-order valence-corrected chi connectivity index (χ4v) is 5.81. The van der Waals surface area contributed by atoms with E-state index < -0.39 is 28.9 Å². The number of hydrogen-bond acceptors (Lipinski definition) is 6. The molecule has 2 aromatic carbocycles. The fourth-order valence-electron chi connectivity index (χ4n) is 5.81. The summed E-state index contributed by atoms with van der Waals surface area (Å²) < 4.78 is 11.5. The SMILES string of the molecule is C=CCOc1ccc(C(O)=C2C(=O)C(=O)N(C[C@H]3CCCO3)[C@]23C(=O)N(CCC)c2ccccc23)cc1C. The van der Waals surface area contributed by atoms with Crippen molar-refractivity contribution in [2.24, 2.45) is 0 Å². The van der Waals surface area contributed by atoms with Crippen molar-refractivity contribution in [3.8, 4) is 5.75 Å². The highest BCUT2D eigenvalue weighted by atomic mass is 16.5. The molecule has 0 aromatic heterocycles. The van der Waals surface area contributed by atoms with Crippen LogP contribution in [0, 0.1) is 6.92 Å². The molecule has 2 aromatic rings. The molecule has 0 saturated carbocycles. The highest BCUT2D eigenvalue weighted by molar-refractivity contribution is 6.50. The van der Waals surface area contributed by atoms with E-state index in [1.54, 1.807) is 41.3 Å². The van der Waals surface area contributed by atoms with Gasteiger partial charge in [0.2, 0.25) is 0 Å². The number of nitrogens with zero attached hydrogens (tertiary/aromatic N) is 2. The summed E-state index contributed by atoms with van der Waals surface area (Å²) in [6.45, 7) is 8.81. The van der Waals surface area contributed by atoms with Crippen LogP contribution in [0.1, 0.15) is 42.9 Å². The molecule has 8 nitrogen and oxygen atoms in total. The van der Waals surface area contributed by atoms with Crippen molar-refractivity contribution in [2.45, 2.75) is 44.8 Å². The monoisotopic (exact) mass is 516 g/mol. The number of rotatable bonds is 8. The molecule has 8 heteroatoms. The van der Waals surface area contributed by atoms with E-state index in [1.807, 2.05) is 26.0 Å². The number of carbonyl (C=O) groups is 3. The highest BCUT2D eigenvalue weighted by Gasteiger charge is 2.67. The summed E-state index contributed by atoms with van der Waals surface area (Å²) in [5.41, 5.74) is 0.206. The average molecular weight is 517 g/mol. The third-order valence-electron chi connectivity index (χ3n) is 7.47. The number of likely N-dealkylation sites (tertiary alicyclic amines) is 1. The Kier molecular flexibility index (Phi) is 6.84. The number of aliphatic hydroxyl groups excluding tert-OH is 1. The van der Waals surface area contributed by atoms with Crippen molar-refractivity contribution in [1.82, 2.24) is 4.90 Å². The number of fused-ring (bicyclic) bond motifs is 2. The number of ether oxygens (including phenoxy) is 2. The molecule has 0 unspecified atom stereocenters. The van der Waals surface area contributed by atoms with E-state index >= 15 is 0 Å². The first-order chi connectivity index (χ1) is 18.4. The van der Waals surface area contributed by atoms with E-state index in [0.29, 0.717) is 48.7 Å². The quantitative estimate of drug-likeness (QED) is 0.246. The van der Waals surface area contributed by atoms with Gasteiger partial charge in [-0.15, -0.1) is 0 Å². The lowest BCUT2D eigenvalue weighted by atomic mass is 9.81. The maximum Gasteiger partial charge on any atom is 0.296 e. The molecule has 2 amide bonds. The Morgan fingerprint density at radius 1 is 1.24 bits per heavy atom. The maximum absolute atomic E-state index is 14.4. The number of ketones is 1. The molecule has 0 aliphatic carbocycles. The lowest BCUT2D eigenvalue weighted by Crippen LogP contribution is -2.53. The Bertz CT molecular complexity index is 1340. The number of carbonyl (C=O) groups excluding carboxylic acids is 3. The molecule has 38 heavy (non-hydrogen) atoms. The van der Waals surface area contributed by atoms with Crippen molar-refractivity contribution in [3.05, 3.63) is 77.4 Å². The minimum atomic E-state index is -1.78. The molecular formula is C30H32N2O6. The van der Waals surface area contributed by atoms with Crippen LogP contribution in [0.2, 0.25) is 0 Å². The predicted octanol–water partition coefficient (Wildman–Crippen LogP) is 4.07. The zero-order chi connectivity index (χ0) is 27.0. The number of para-hydroxylation sites is 1. The van der Waals surface area contributed by atoms with Crippen LogP contribution in [0.25, 0.3) is 5.76 Å². The van der Waals surface area contributed by atoms with E-state index in [1.165, 1.54) is 4.90 Å². The number of anilines is 1. The second-order valence-electron chi connectivity index (χ2n) is 9.87. The molecule has 1 N–H and O–H groups in total. The minimum absolute atomic E-state index is 0.0781. The third kappa shape index (κ3) is 3.82.